The molecule has 5 N–H and O–H groups in total. The molecule has 6 amide bonds. The smallest absolute Gasteiger partial charge is 0.408 e. The number of carbonyl (C=O) groups is 6. The lowest BCUT2D eigenvalue weighted by Crippen LogP contribution is -2.52. The number of rotatable bonds is 7. The van der Waals surface area contributed by atoms with Crippen LogP contribution >= 0.6 is 0 Å². The Morgan fingerprint density at radius 3 is 2.57 bits per heavy atom. The lowest BCUT2D eigenvalue weighted by molar-refractivity contribution is -0.137. The number of alkyl carbamates (subject to hydrolysis) is 1. The van der Waals surface area contributed by atoms with Gasteiger partial charge in [-0.05, 0) is 44.4 Å². The zero-order valence-corrected chi connectivity index (χ0v) is 19.8. The minimum Gasteiger partial charge on any atom is -0.444 e. The van der Waals surface area contributed by atoms with Gasteiger partial charge in [-0.1, -0.05) is 12.1 Å². The van der Waals surface area contributed by atoms with E-state index in [9.17, 15) is 28.8 Å². The fourth-order valence-corrected chi connectivity index (χ4v) is 3.91. The van der Waals surface area contributed by atoms with Crippen LogP contribution in [0, 0.1) is 0 Å². The maximum absolute atomic E-state index is 12.8. The van der Waals surface area contributed by atoms with Crippen molar-refractivity contribution in [2.24, 2.45) is 5.73 Å². The summed E-state index contributed by atoms with van der Waals surface area (Å²) in [4.78, 5) is 73.9. The number of hydrogen-bond acceptors (Lipinski definition) is 7. The molecule has 1 unspecified atom stereocenters. The summed E-state index contributed by atoms with van der Waals surface area (Å²) in [6.45, 7) is 5.25. The molecule has 0 spiro atoms. The highest BCUT2D eigenvalue weighted by Gasteiger charge is 2.39. The average Bonchev–Trinajstić information content (AvgIpc) is 3.05. The summed E-state index contributed by atoms with van der Waals surface area (Å²) in [5.41, 5.74) is 6.23. The summed E-state index contributed by atoms with van der Waals surface area (Å²) in [6.07, 6.45) is -0.843. The molecule has 2 aliphatic rings. The Morgan fingerprint density at radius 2 is 1.94 bits per heavy atom. The molecule has 188 valence electrons. The van der Waals surface area contributed by atoms with E-state index in [1.165, 1.54) is 4.90 Å². The van der Waals surface area contributed by atoms with Crippen molar-refractivity contribution in [2.75, 3.05) is 0 Å². The molecule has 0 radical (unpaired) electrons. The lowest BCUT2D eigenvalue weighted by Gasteiger charge is -2.29. The summed E-state index contributed by atoms with van der Waals surface area (Å²) in [5.74, 6) is -2.55. The van der Waals surface area contributed by atoms with E-state index >= 15 is 0 Å². The maximum Gasteiger partial charge on any atom is 0.408 e. The number of carbonyl (C=O) groups excluding carboxylic acids is 6. The second-order valence-corrected chi connectivity index (χ2v) is 9.48. The topological polar surface area (TPSA) is 177 Å². The molecule has 0 aliphatic carbocycles. The van der Waals surface area contributed by atoms with E-state index in [-0.39, 0.29) is 37.7 Å². The zero-order valence-electron chi connectivity index (χ0n) is 19.8. The predicted molar refractivity (Wildman–Crippen MR) is 121 cm³/mol. The quantitative estimate of drug-likeness (QED) is 0.386. The molecule has 35 heavy (non-hydrogen) atoms. The first-order chi connectivity index (χ1) is 16.3. The summed E-state index contributed by atoms with van der Waals surface area (Å²) in [7, 11) is 0. The van der Waals surface area contributed by atoms with Crippen molar-refractivity contribution < 1.29 is 33.5 Å². The Bertz CT molecular complexity index is 1080. The minimum atomic E-state index is -1.22. The predicted octanol–water partition coefficient (Wildman–Crippen LogP) is -0.167. The number of piperidine rings is 1. The van der Waals surface area contributed by atoms with Gasteiger partial charge in [-0.2, -0.15) is 0 Å². The molecule has 2 heterocycles. The lowest BCUT2D eigenvalue weighted by atomic mass is 10.0. The third-order valence-corrected chi connectivity index (χ3v) is 5.47. The van der Waals surface area contributed by atoms with Crippen molar-refractivity contribution in [3.63, 3.8) is 0 Å². The number of primary amides is 1. The Balaban J connectivity index is 1.63. The largest absolute Gasteiger partial charge is 0.444 e. The van der Waals surface area contributed by atoms with Gasteiger partial charge in [0.1, 0.15) is 17.7 Å². The fraction of sp³-hybridized carbons (Fsp3) is 0.478. The van der Waals surface area contributed by atoms with Crippen molar-refractivity contribution in [1.29, 1.82) is 0 Å². The summed E-state index contributed by atoms with van der Waals surface area (Å²) >= 11 is 0. The molecule has 12 heteroatoms. The second-order valence-electron chi connectivity index (χ2n) is 9.48. The Labute approximate surface area is 201 Å². The van der Waals surface area contributed by atoms with E-state index in [4.69, 9.17) is 10.5 Å². The van der Waals surface area contributed by atoms with E-state index in [1.54, 1.807) is 39.0 Å². The van der Waals surface area contributed by atoms with Crippen LogP contribution in [0.5, 0.6) is 0 Å². The highest BCUT2D eigenvalue weighted by atomic mass is 16.6. The molecule has 1 fully saturated rings. The number of fused-ring (bicyclic) bond motifs is 1. The van der Waals surface area contributed by atoms with Gasteiger partial charge >= 0.3 is 6.09 Å². The van der Waals surface area contributed by atoms with Gasteiger partial charge in [-0.3, -0.25) is 29.3 Å². The Kier molecular flexibility index (Phi) is 7.42. The van der Waals surface area contributed by atoms with Crippen LogP contribution in [0.2, 0.25) is 0 Å². The number of amides is 6. The first kappa shape index (κ1) is 25.7. The molecule has 2 aliphatic heterocycles. The van der Waals surface area contributed by atoms with E-state index in [0.717, 1.165) is 0 Å². The first-order valence-corrected chi connectivity index (χ1v) is 11.2. The van der Waals surface area contributed by atoms with Crippen LogP contribution in [0.3, 0.4) is 0 Å². The van der Waals surface area contributed by atoms with Crippen LogP contribution in [0.1, 0.15) is 61.5 Å². The third-order valence-electron chi connectivity index (χ3n) is 5.47. The second kappa shape index (κ2) is 10.1. The molecule has 1 aromatic carbocycles. The monoisotopic (exact) mass is 487 g/mol. The minimum absolute atomic E-state index is 0.0595. The summed E-state index contributed by atoms with van der Waals surface area (Å²) < 4.78 is 5.13. The van der Waals surface area contributed by atoms with Crippen LogP contribution in [-0.2, 0) is 37.0 Å². The molecule has 12 nitrogen and oxygen atoms in total. The van der Waals surface area contributed by atoms with Crippen LogP contribution in [-0.4, -0.2) is 58.2 Å². The van der Waals surface area contributed by atoms with E-state index in [2.05, 4.69) is 16.0 Å². The van der Waals surface area contributed by atoms with Crippen LogP contribution in [0.4, 0.5) is 4.79 Å². The normalized spacial score (nSPS) is 18.4. The molecule has 2 atom stereocenters. The summed E-state index contributed by atoms with van der Waals surface area (Å²) in [5, 5.41) is 7.25. The van der Waals surface area contributed by atoms with Crippen molar-refractivity contribution >= 4 is 35.6 Å². The van der Waals surface area contributed by atoms with Gasteiger partial charge in [0, 0.05) is 25.1 Å². The van der Waals surface area contributed by atoms with Gasteiger partial charge < -0.3 is 26.0 Å². The highest BCUT2D eigenvalue weighted by molar-refractivity contribution is 6.05. The molecule has 1 aromatic rings. The van der Waals surface area contributed by atoms with Crippen molar-refractivity contribution in [3.05, 3.63) is 34.9 Å². The number of nitrogens with one attached hydrogen (secondary N) is 3. The SMILES string of the molecule is CC(C)(C)OC(=O)N[C@@H](CC(N)=O)C(=O)NCc1ccc2c(c1)CN(C1CCC(=O)NC1=O)C2=O. The number of nitrogens with two attached hydrogens (primary N) is 1. The molecule has 3 rings (SSSR count). The molecule has 0 bridgehead atoms. The van der Waals surface area contributed by atoms with Gasteiger partial charge in [0.05, 0.1) is 6.42 Å². The summed E-state index contributed by atoms with van der Waals surface area (Å²) in [6, 6.07) is 3.08. The Morgan fingerprint density at radius 1 is 1.23 bits per heavy atom. The van der Waals surface area contributed by atoms with Crippen molar-refractivity contribution in [2.45, 2.75) is 70.8 Å². The number of hydrogen-bond donors (Lipinski definition) is 4. The zero-order chi connectivity index (χ0) is 25.9. The number of nitrogens with zero attached hydrogens (tertiary/aromatic N) is 1. The first-order valence-electron chi connectivity index (χ1n) is 11.2. The van der Waals surface area contributed by atoms with Gasteiger partial charge in [0.25, 0.3) is 5.91 Å². The van der Waals surface area contributed by atoms with E-state index in [0.29, 0.717) is 16.7 Å². The maximum atomic E-state index is 12.8. The fourth-order valence-electron chi connectivity index (χ4n) is 3.91. The van der Waals surface area contributed by atoms with Gasteiger partial charge in [-0.15, -0.1) is 0 Å². The average molecular weight is 488 g/mol. The van der Waals surface area contributed by atoms with E-state index in [1.807, 2.05) is 0 Å². The number of benzene rings is 1. The van der Waals surface area contributed by atoms with Gasteiger partial charge in [0.15, 0.2) is 0 Å². The number of ether oxygens (including phenoxy) is 1. The van der Waals surface area contributed by atoms with Crippen molar-refractivity contribution in [1.82, 2.24) is 20.9 Å². The highest BCUT2D eigenvalue weighted by Crippen LogP contribution is 2.28. The Hall–Kier alpha value is -3.96. The van der Waals surface area contributed by atoms with Crippen LogP contribution in [0.25, 0.3) is 0 Å². The van der Waals surface area contributed by atoms with Crippen LogP contribution in [0.15, 0.2) is 18.2 Å². The molecule has 1 saturated heterocycles. The molecular formula is C23H29N5O7. The standard InChI is InChI=1S/C23H29N5O7/c1-23(2,3)35-22(34)26-15(9-17(24)29)19(31)25-10-12-4-5-14-13(8-12)11-28(21(14)33)16-6-7-18(30)27-20(16)32/h4-5,8,15-16H,6-7,9-11H2,1-3H3,(H2,24,29)(H,25,31)(H,26,34)(H,27,30,32)/t15-,16?/m0/s1. The molecular weight excluding hydrogens is 458 g/mol. The molecule has 0 aromatic heterocycles. The molecule has 0 saturated carbocycles. The van der Waals surface area contributed by atoms with Crippen molar-refractivity contribution in [3.8, 4) is 0 Å². The third kappa shape index (κ3) is 6.55. The van der Waals surface area contributed by atoms with Gasteiger partial charge in [0.2, 0.25) is 23.6 Å². The van der Waals surface area contributed by atoms with E-state index < -0.39 is 47.9 Å². The number of imide groups is 1. The van der Waals surface area contributed by atoms with Gasteiger partial charge in [-0.25, -0.2) is 4.79 Å². The van der Waals surface area contributed by atoms with Crippen LogP contribution < -0.4 is 21.7 Å².